The SMILES string of the molecule is COCC[C@H]1CN(C2=Nc3ccccc3Nc3cc(CCC(F)(F)F)[nH]c32)CCN1C. The average molecular weight is 435 g/mol. The number of hydrogen-bond donors (Lipinski definition) is 2. The number of aliphatic imine (C=N–C) groups is 1. The molecule has 0 radical (unpaired) electrons. The number of aryl methyl sites for hydroxylation is 1. The van der Waals surface area contributed by atoms with E-state index in [-0.39, 0.29) is 6.42 Å². The van der Waals surface area contributed by atoms with Crippen molar-refractivity contribution in [3.05, 3.63) is 41.7 Å². The first-order chi connectivity index (χ1) is 14.8. The van der Waals surface area contributed by atoms with Crippen molar-refractivity contribution in [2.75, 3.05) is 45.7 Å². The van der Waals surface area contributed by atoms with Crippen molar-refractivity contribution < 1.29 is 17.9 Å². The van der Waals surface area contributed by atoms with Crippen LogP contribution < -0.4 is 5.32 Å². The fraction of sp³-hybridized carbons (Fsp3) is 0.500. The fourth-order valence-corrected chi connectivity index (χ4v) is 4.12. The molecule has 4 rings (SSSR count). The zero-order valence-electron chi connectivity index (χ0n) is 17.8. The summed E-state index contributed by atoms with van der Waals surface area (Å²) in [6, 6.07) is 9.81. The zero-order chi connectivity index (χ0) is 22.0. The van der Waals surface area contributed by atoms with Crippen LogP contribution in [0.4, 0.5) is 30.2 Å². The van der Waals surface area contributed by atoms with E-state index in [2.05, 4.69) is 27.1 Å². The second kappa shape index (κ2) is 8.92. The smallest absolute Gasteiger partial charge is 0.385 e. The molecule has 168 valence electrons. The van der Waals surface area contributed by atoms with Crippen LogP contribution in [0.3, 0.4) is 0 Å². The number of alkyl halides is 3. The number of aromatic amines is 1. The molecule has 0 bridgehead atoms. The number of H-pyrrole nitrogens is 1. The number of anilines is 2. The number of likely N-dealkylation sites (N-methyl/N-ethyl adjacent to an activating group) is 1. The van der Waals surface area contributed by atoms with Crippen LogP contribution in [0.15, 0.2) is 35.3 Å². The Morgan fingerprint density at radius 3 is 2.77 bits per heavy atom. The Kier molecular flexibility index (Phi) is 6.24. The third-order valence-electron chi connectivity index (χ3n) is 5.91. The van der Waals surface area contributed by atoms with Gasteiger partial charge in [0, 0.05) is 51.5 Å². The van der Waals surface area contributed by atoms with Crippen molar-refractivity contribution in [1.29, 1.82) is 0 Å². The highest BCUT2D eigenvalue weighted by molar-refractivity contribution is 6.06. The molecule has 1 aromatic heterocycles. The van der Waals surface area contributed by atoms with Crippen LogP contribution in [-0.2, 0) is 11.2 Å². The van der Waals surface area contributed by atoms with Crippen LogP contribution in [0.2, 0.25) is 0 Å². The summed E-state index contributed by atoms with van der Waals surface area (Å²) >= 11 is 0. The standard InChI is InChI=1S/C22H28F3N5O/c1-29-10-11-30(14-16(29)8-12-31-2)21-20-19(13-15(26-20)7-9-22(23,24)25)27-17-5-3-4-6-18(17)28-21/h3-6,13,16,26-27H,7-12,14H2,1-2H3/t16-/m0/s1. The molecule has 31 heavy (non-hydrogen) atoms. The molecule has 0 aliphatic carbocycles. The lowest BCUT2D eigenvalue weighted by Crippen LogP contribution is -2.53. The molecule has 6 nitrogen and oxygen atoms in total. The molecule has 2 N–H and O–H groups in total. The molecule has 1 aromatic carbocycles. The zero-order valence-corrected chi connectivity index (χ0v) is 17.8. The monoisotopic (exact) mass is 435 g/mol. The Labute approximate surface area is 180 Å². The van der Waals surface area contributed by atoms with Crippen LogP contribution in [0.1, 0.15) is 24.2 Å². The van der Waals surface area contributed by atoms with Crippen molar-refractivity contribution in [3.8, 4) is 0 Å². The number of fused-ring (bicyclic) bond motifs is 2. The molecule has 2 aliphatic rings. The maximum atomic E-state index is 12.8. The molecule has 1 atom stereocenters. The van der Waals surface area contributed by atoms with Crippen LogP contribution in [-0.4, -0.2) is 73.2 Å². The summed E-state index contributed by atoms with van der Waals surface area (Å²) in [4.78, 5) is 12.7. The molecular formula is C22H28F3N5O. The van der Waals surface area contributed by atoms with E-state index in [0.717, 1.165) is 54.6 Å². The van der Waals surface area contributed by atoms with E-state index in [9.17, 15) is 13.2 Å². The number of nitrogens with zero attached hydrogens (tertiary/aromatic N) is 3. The Bertz CT molecular complexity index is 939. The van der Waals surface area contributed by atoms with Crippen molar-refractivity contribution in [2.24, 2.45) is 4.99 Å². The quantitative estimate of drug-likeness (QED) is 0.736. The second-order valence-corrected chi connectivity index (χ2v) is 8.14. The minimum Gasteiger partial charge on any atom is -0.385 e. The Balaban J connectivity index is 1.67. The van der Waals surface area contributed by atoms with E-state index in [0.29, 0.717) is 18.3 Å². The Morgan fingerprint density at radius 2 is 2.00 bits per heavy atom. The highest BCUT2D eigenvalue weighted by Crippen LogP contribution is 2.36. The van der Waals surface area contributed by atoms with E-state index in [1.807, 2.05) is 24.3 Å². The summed E-state index contributed by atoms with van der Waals surface area (Å²) in [7, 11) is 3.81. The van der Waals surface area contributed by atoms with Crippen LogP contribution in [0.25, 0.3) is 0 Å². The first-order valence-corrected chi connectivity index (χ1v) is 10.5. The number of piperazine rings is 1. The molecule has 2 aliphatic heterocycles. The summed E-state index contributed by atoms with van der Waals surface area (Å²) in [5.41, 5.74) is 3.69. The first-order valence-electron chi connectivity index (χ1n) is 10.5. The van der Waals surface area contributed by atoms with Gasteiger partial charge in [0.2, 0.25) is 0 Å². The van der Waals surface area contributed by atoms with E-state index >= 15 is 0 Å². The van der Waals surface area contributed by atoms with Gasteiger partial charge in [-0.1, -0.05) is 12.1 Å². The Morgan fingerprint density at radius 1 is 1.19 bits per heavy atom. The van der Waals surface area contributed by atoms with E-state index in [1.54, 1.807) is 13.2 Å². The molecule has 0 amide bonds. The van der Waals surface area contributed by atoms with Crippen molar-refractivity contribution in [2.45, 2.75) is 31.5 Å². The largest absolute Gasteiger partial charge is 0.389 e. The van der Waals surface area contributed by atoms with E-state index in [4.69, 9.17) is 9.73 Å². The first kappa shape index (κ1) is 21.7. The van der Waals surface area contributed by atoms with Crippen molar-refractivity contribution >= 4 is 22.9 Å². The lowest BCUT2D eigenvalue weighted by atomic mass is 10.1. The molecule has 2 aromatic rings. The Hall–Kier alpha value is -2.52. The average Bonchev–Trinajstić information content (AvgIpc) is 3.06. The minimum absolute atomic E-state index is 0.0910. The summed E-state index contributed by atoms with van der Waals surface area (Å²) in [6.07, 6.45) is -4.24. The summed E-state index contributed by atoms with van der Waals surface area (Å²) < 4.78 is 43.5. The highest BCUT2D eigenvalue weighted by Gasteiger charge is 2.31. The normalized spacial score (nSPS) is 19.3. The number of halogens is 3. The number of para-hydroxylation sites is 2. The molecule has 0 saturated carbocycles. The lowest BCUT2D eigenvalue weighted by Gasteiger charge is -2.40. The van der Waals surface area contributed by atoms with Gasteiger partial charge in [0.15, 0.2) is 5.84 Å². The maximum absolute atomic E-state index is 12.8. The van der Waals surface area contributed by atoms with Gasteiger partial charge in [0.25, 0.3) is 0 Å². The van der Waals surface area contributed by atoms with Gasteiger partial charge < -0.3 is 19.9 Å². The molecule has 0 unspecified atom stereocenters. The number of aromatic nitrogens is 1. The van der Waals surface area contributed by atoms with Gasteiger partial charge in [0.05, 0.1) is 17.1 Å². The summed E-state index contributed by atoms with van der Waals surface area (Å²) in [6.45, 7) is 3.11. The predicted molar refractivity (Wildman–Crippen MR) is 116 cm³/mol. The number of nitrogens with one attached hydrogen (secondary N) is 2. The van der Waals surface area contributed by atoms with E-state index in [1.165, 1.54) is 0 Å². The predicted octanol–water partition coefficient (Wildman–Crippen LogP) is 4.30. The number of methoxy groups -OCH3 is 1. The fourth-order valence-electron chi connectivity index (χ4n) is 4.12. The van der Waals surface area contributed by atoms with Gasteiger partial charge >= 0.3 is 6.18 Å². The highest BCUT2D eigenvalue weighted by atomic mass is 19.4. The van der Waals surface area contributed by atoms with Gasteiger partial charge in [0.1, 0.15) is 5.69 Å². The molecule has 1 fully saturated rings. The number of rotatable bonds is 5. The van der Waals surface area contributed by atoms with Crippen LogP contribution in [0.5, 0.6) is 0 Å². The van der Waals surface area contributed by atoms with Crippen LogP contribution >= 0.6 is 0 Å². The number of amidine groups is 1. The molecule has 9 heteroatoms. The van der Waals surface area contributed by atoms with E-state index < -0.39 is 12.6 Å². The third kappa shape index (κ3) is 5.04. The van der Waals surface area contributed by atoms with Gasteiger partial charge in [-0.15, -0.1) is 0 Å². The van der Waals surface area contributed by atoms with Crippen molar-refractivity contribution in [1.82, 2.24) is 14.8 Å². The lowest BCUT2D eigenvalue weighted by molar-refractivity contribution is -0.134. The van der Waals surface area contributed by atoms with Gasteiger partial charge in [-0.2, -0.15) is 13.2 Å². The third-order valence-corrected chi connectivity index (χ3v) is 5.91. The van der Waals surface area contributed by atoms with Gasteiger partial charge in [-0.25, -0.2) is 4.99 Å². The maximum Gasteiger partial charge on any atom is 0.389 e. The van der Waals surface area contributed by atoms with Crippen LogP contribution in [0, 0.1) is 0 Å². The van der Waals surface area contributed by atoms with Gasteiger partial charge in [-0.3, -0.25) is 4.90 Å². The molecule has 0 spiro atoms. The minimum atomic E-state index is -4.19. The molecule has 3 heterocycles. The molecular weight excluding hydrogens is 407 g/mol. The number of ether oxygens (including phenoxy) is 1. The van der Waals surface area contributed by atoms with Gasteiger partial charge in [-0.05, 0) is 38.1 Å². The topological polar surface area (TPSA) is 55.9 Å². The summed E-state index contributed by atoms with van der Waals surface area (Å²) in [5.74, 6) is 0.765. The number of benzene rings is 1. The molecule has 1 saturated heterocycles. The summed E-state index contributed by atoms with van der Waals surface area (Å²) in [5, 5.41) is 3.36. The second-order valence-electron chi connectivity index (χ2n) is 8.14. The van der Waals surface area contributed by atoms with Crippen molar-refractivity contribution in [3.63, 3.8) is 0 Å². The number of hydrogen-bond acceptors (Lipinski definition) is 5.